The average molecular weight is 543 g/mol. The first-order chi connectivity index (χ1) is 15.3. The van der Waals surface area contributed by atoms with Crippen LogP contribution >= 0.6 is 0 Å². The van der Waals surface area contributed by atoms with Gasteiger partial charge in [0.25, 0.3) is 0 Å². The van der Waals surface area contributed by atoms with Crippen molar-refractivity contribution in [3.63, 3.8) is 0 Å². The third-order valence-electron chi connectivity index (χ3n) is 7.15. The Morgan fingerprint density at radius 1 is 0.258 bits per heavy atom. The Balaban J connectivity index is 3.20. The fraction of sp³-hybridized carbons (Fsp3) is 1.00. The molecular weight excluding hydrogens is 479 g/mol. The summed E-state index contributed by atoms with van der Waals surface area (Å²) in [7, 11) is 0. The number of rotatable bonds is 27. The summed E-state index contributed by atoms with van der Waals surface area (Å²) in [4.78, 5) is 0. The Hall–Kier alpha value is 0.799. The third-order valence-corrected chi connectivity index (χ3v) is 16.2. The van der Waals surface area contributed by atoms with Crippen molar-refractivity contribution in [1.29, 1.82) is 0 Å². The van der Waals surface area contributed by atoms with E-state index in [9.17, 15) is 0 Å². The molecule has 0 rings (SSSR count). The second-order valence-electron chi connectivity index (χ2n) is 10.4. The molecule has 0 saturated carbocycles. The van der Waals surface area contributed by atoms with E-state index in [1.165, 1.54) is 141 Å². The monoisotopic (exact) mass is 543 g/mol. The van der Waals surface area contributed by atoms with Gasteiger partial charge in [-0.05, 0) is 0 Å². The molecule has 0 aromatic heterocycles. The zero-order chi connectivity index (χ0) is 22.7. The van der Waals surface area contributed by atoms with Crippen molar-refractivity contribution in [1.82, 2.24) is 0 Å². The fourth-order valence-electron chi connectivity index (χ4n) is 4.86. The van der Waals surface area contributed by atoms with E-state index in [2.05, 4.69) is 20.8 Å². The summed E-state index contributed by atoms with van der Waals surface area (Å²) in [5.41, 5.74) is 0. The molecule has 0 aromatic carbocycles. The Morgan fingerprint density at radius 3 is 0.774 bits per heavy atom. The molecule has 0 aromatic rings. The summed E-state index contributed by atoms with van der Waals surface area (Å²) < 4.78 is 5.09. The van der Waals surface area contributed by atoms with Gasteiger partial charge in [0, 0.05) is 0 Å². The van der Waals surface area contributed by atoms with Gasteiger partial charge >= 0.3 is 143 Å². The van der Waals surface area contributed by atoms with Gasteiger partial charge in [0.2, 0.25) is 0 Å². The molecule has 0 bridgehead atoms. The van der Waals surface area contributed by atoms with Gasteiger partial charge < -0.3 is 0 Å². The minimum absolute atomic E-state index is 0.953. The Bertz CT molecular complexity index is 293. The fourth-order valence-corrected chi connectivity index (χ4v) is 14.0. The summed E-state index contributed by atoms with van der Waals surface area (Å²) in [5.74, 6) is 0. The van der Waals surface area contributed by atoms with E-state index in [1.807, 2.05) is 0 Å². The quantitative estimate of drug-likeness (QED) is 0.0715. The molecule has 0 atom stereocenters. The molecule has 0 fully saturated rings. The van der Waals surface area contributed by atoms with Gasteiger partial charge in [-0.25, -0.2) is 0 Å². The van der Waals surface area contributed by atoms with Gasteiger partial charge in [0.15, 0.2) is 0 Å². The molecule has 0 unspecified atom stereocenters. The van der Waals surface area contributed by atoms with E-state index >= 15 is 0 Å². The minimum atomic E-state index is -0.953. The van der Waals surface area contributed by atoms with E-state index in [-0.39, 0.29) is 0 Å². The molecule has 0 nitrogen and oxygen atoms in total. The molecule has 0 radical (unpaired) electrons. The maximum atomic E-state index is 2.37. The first kappa shape index (κ1) is 31.8. The molecule has 0 amide bonds. The van der Waals surface area contributed by atoms with Gasteiger partial charge in [-0.1, -0.05) is 64.7 Å². The summed E-state index contributed by atoms with van der Waals surface area (Å²) in [6, 6.07) is 0. The first-order valence-electron chi connectivity index (χ1n) is 15.2. The normalized spacial score (nSPS) is 11.3. The predicted molar refractivity (Wildman–Crippen MR) is 148 cm³/mol. The Morgan fingerprint density at radius 2 is 0.484 bits per heavy atom. The summed E-state index contributed by atoms with van der Waals surface area (Å²) >= 11 is -0.953. The zero-order valence-electron chi connectivity index (χ0n) is 22.6. The van der Waals surface area contributed by atoms with Crippen LogP contribution in [0.5, 0.6) is 0 Å². The van der Waals surface area contributed by atoms with Crippen LogP contribution in [0.3, 0.4) is 0 Å². The molecule has 31 heavy (non-hydrogen) atoms. The van der Waals surface area contributed by atoms with Gasteiger partial charge in [-0.3, -0.25) is 0 Å². The molecule has 0 spiro atoms. The number of unbranched alkanes of at least 4 members (excludes halogenated alkanes) is 21. The van der Waals surface area contributed by atoms with Crippen LogP contribution in [0.2, 0.25) is 13.3 Å². The Labute approximate surface area is 207 Å². The maximum absolute atomic E-state index is 2.37. The van der Waals surface area contributed by atoms with E-state index in [0.29, 0.717) is 0 Å². The molecule has 0 saturated heterocycles. The van der Waals surface area contributed by atoms with Crippen molar-refractivity contribution >= 4 is 19.8 Å². The van der Waals surface area contributed by atoms with Crippen LogP contribution in [0.4, 0.5) is 0 Å². The standard InChI is InChI=1S/C22H45.2C4H9.Sn/c1-3-5-7-9-11-13-15-17-19-21-22-20-18-16-14-12-10-8-6-4-2;2*1-3-4-2;/h1,3-22H2,2H3;2*1,3-4H2,2H3;/q;;;+1. The van der Waals surface area contributed by atoms with Crippen molar-refractivity contribution < 1.29 is 0 Å². The number of hydrogen-bond acceptors (Lipinski definition) is 0. The van der Waals surface area contributed by atoms with Crippen LogP contribution in [-0.4, -0.2) is 19.8 Å². The molecule has 0 aliphatic carbocycles. The van der Waals surface area contributed by atoms with E-state index in [0.717, 1.165) is 0 Å². The van der Waals surface area contributed by atoms with Crippen molar-refractivity contribution in [3.8, 4) is 0 Å². The second-order valence-corrected chi connectivity index (χ2v) is 19.0. The van der Waals surface area contributed by atoms with Crippen LogP contribution < -0.4 is 0 Å². The van der Waals surface area contributed by atoms with Gasteiger partial charge in [0.05, 0.1) is 0 Å². The third kappa shape index (κ3) is 26.9. The van der Waals surface area contributed by atoms with Crippen LogP contribution in [0.1, 0.15) is 175 Å². The van der Waals surface area contributed by atoms with Crippen LogP contribution in [0.15, 0.2) is 0 Å². The number of hydrogen-bond donors (Lipinski definition) is 0. The zero-order valence-corrected chi connectivity index (χ0v) is 25.4. The van der Waals surface area contributed by atoms with Crippen molar-refractivity contribution in [2.75, 3.05) is 0 Å². The molecule has 0 N–H and O–H groups in total. The average Bonchev–Trinajstić information content (AvgIpc) is 2.79. The summed E-state index contributed by atoms with van der Waals surface area (Å²) in [5, 5.41) is 0. The van der Waals surface area contributed by atoms with Crippen molar-refractivity contribution in [2.45, 2.75) is 188 Å². The van der Waals surface area contributed by atoms with Gasteiger partial charge in [-0.15, -0.1) is 0 Å². The van der Waals surface area contributed by atoms with Crippen molar-refractivity contribution in [3.05, 3.63) is 0 Å². The summed E-state index contributed by atoms with van der Waals surface area (Å²) in [6.07, 6.45) is 35.8. The van der Waals surface area contributed by atoms with Crippen LogP contribution in [0.25, 0.3) is 0 Å². The van der Waals surface area contributed by atoms with Crippen molar-refractivity contribution in [2.24, 2.45) is 0 Å². The summed E-state index contributed by atoms with van der Waals surface area (Å²) in [6.45, 7) is 7.06. The van der Waals surface area contributed by atoms with E-state index in [4.69, 9.17) is 0 Å². The molecule has 0 aliphatic rings. The molecule has 0 heterocycles. The Kier molecular flexibility index (Phi) is 29.6. The molecule has 186 valence electrons. The SMILES string of the molecule is CCCCCCCCCCCCCCCCCCCCC[CH2][Sn+]([CH2]CCC)[CH2]CCC. The molecule has 0 aliphatic heterocycles. The van der Waals surface area contributed by atoms with Crippen LogP contribution in [0, 0.1) is 0 Å². The van der Waals surface area contributed by atoms with Crippen LogP contribution in [-0.2, 0) is 0 Å². The van der Waals surface area contributed by atoms with Gasteiger partial charge in [-0.2, -0.15) is 0 Å². The van der Waals surface area contributed by atoms with E-state index in [1.54, 1.807) is 26.2 Å². The first-order valence-corrected chi connectivity index (χ1v) is 21.2. The van der Waals surface area contributed by atoms with Gasteiger partial charge in [0.1, 0.15) is 0 Å². The van der Waals surface area contributed by atoms with E-state index < -0.39 is 19.8 Å². The molecule has 1 heteroatoms. The second kappa shape index (κ2) is 28.8. The predicted octanol–water partition coefficient (Wildman–Crippen LogP) is 11.9. The topological polar surface area (TPSA) is 0 Å². The molecular formula is C30H63Sn+.